The van der Waals surface area contributed by atoms with E-state index in [2.05, 4.69) is 0 Å². The Hall–Kier alpha value is -1.17. The zero-order chi connectivity index (χ0) is 24.7. The molecule has 0 aromatic heterocycles. The Kier molecular flexibility index (Phi) is 9.51. The van der Waals surface area contributed by atoms with Crippen LogP contribution in [0.4, 0.5) is 13.2 Å². The second kappa shape index (κ2) is 12.4. The fourth-order valence-electron chi connectivity index (χ4n) is 6.83. The Balaban J connectivity index is 1.72. The van der Waals surface area contributed by atoms with Crippen LogP contribution >= 0.6 is 10.3 Å². The third-order valence-corrected chi connectivity index (χ3v) is 13.6. The monoisotopic (exact) mass is 512 g/mol. The number of carbonyl (C=O) groups excluding carboxylic acids is 1. The van der Waals surface area contributed by atoms with Crippen molar-refractivity contribution in [3.8, 4) is 0 Å². The molecule has 3 aliphatic carbocycles. The molecule has 1 aromatic rings. The lowest BCUT2D eigenvalue weighted by Crippen LogP contribution is -2.39. The zero-order valence-corrected chi connectivity index (χ0v) is 21.9. The number of benzene rings is 1. The summed E-state index contributed by atoms with van der Waals surface area (Å²) in [5.74, 6) is -0.383. The van der Waals surface area contributed by atoms with Crippen molar-refractivity contribution in [3.05, 3.63) is 35.4 Å². The van der Waals surface area contributed by atoms with Gasteiger partial charge in [0.15, 0.2) is 0 Å². The maximum Gasteiger partial charge on any atom is 0.416 e. The van der Waals surface area contributed by atoms with Gasteiger partial charge in [-0.2, -0.15) is 13.2 Å². The predicted molar refractivity (Wildman–Crippen MR) is 139 cm³/mol. The van der Waals surface area contributed by atoms with Crippen LogP contribution in [0.3, 0.4) is 0 Å². The van der Waals surface area contributed by atoms with Crippen LogP contribution in [0.1, 0.15) is 131 Å². The average Bonchev–Trinajstić information content (AvgIpc) is 3.39. The van der Waals surface area contributed by atoms with Crippen LogP contribution in [0.2, 0.25) is 0 Å². The van der Waals surface area contributed by atoms with Gasteiger partial charge in [0.05, 0.1) is 11.1 Å². The molecule has 3 saturated carbocycles. The van der Waals surface area contributed by atoms with Gasteiger partial charge in [0.2, 0.25) is 0 Å². The lowest BCUT2D eigenvalue weighted by atomic mass is 10.1. The lowest BCUT2D eigenvalue weighted by molar-refractivity contribution is -0.137. The molecule has 0 aliphatic heterocycles. The summed E-state index contributed by atoms with van der Waals surface area (Å²) in [7, 11) is -1.73. The van der Waals surface area contributed by atoms with Gasteiger partial charge in [0.25, 0.3) is 0 Å². The summed E-state index contributed by atoms with van der Waals surface area (Å²) in [5.41, 5.74) is -0.449. The van der Waals surface area contributed by atoms with Crippen molar-refractivity contribution < 1.29 is 22.1 Å². The first-order valence-corrected chi connectivity index (χ1v) is 15.9. The fourth-order valence-corrected chi connectivity index (χ4v) is 12.4. The van der Waals surface area contributed by atoms with Crippen LogP contribution in [0.5, 0.6) is 0 Å². The minimum Gasteiger partial charge on any atom is -0.411 e. The van der Waals surface area contributed by atoms with Crippen molar-refractivity contribution >= 4 is 16.3 Å². The van der Waals surface area contributed by atoms with Crippen LogP contribution in [0, 0.1) is 0 Å². The molecular weight excluding hydrogens is 469 g/mol. The second-order valence-corrected chi connectivity index (χ2v) is 14.5. The third-order valence-electron chi connectivity index (χ3n) is 8.64. The van der Waals surface area contributed by atoms with Gasteiger partial charge in [-0.25, -0.2) is 4.79 Å². The number of hydrogen-bond acceptors (Lipinski definition) is 2. The normalized spacial score (nSPS) is 23.2. The van der Waals surface area contributed by atoms with Gasteiger partial charge in [-0.1, -0.05) is 87.4 Å². The molecule has 6 heteroatoms. The van der Waals surface area contributed by atoms with Crippen LogP contribution in [-0.2, 0) is 10.4 Å². The van der Waals surface area contributed by atoms with Gasteiger partial charge in [0, 0.05) is 15.7 Å². The first-order chi connectivity index (χ1) is 16.9. The molecule has 0 N–H and O–H groups in total. The molecule has 3 aliphatic rings. The summed E-state index contributed by atoms with van der Waals surface area (Å²) in [6.45, 7) is 0. The molecule has 0 radical (unpaired) electrons. The highest BCUT2D eigenvalue weighted by atomic mass is 32.3. The van der Waals surface area contributed by atoms with E-state index in [0.717, 1.165) is 50.7 Å². The standard InChI is InChI=1S/C29H43F3O2S/c30-29(31,32)24-21-19-23(20-22-24)28(33)34-35(25-13-7-1-2-8-14-25,26-15-9-3-4-10-16-26)27-17-11-5-6-12-18-27/h19-22,25-27H,1-18H2. The highest BCUT2D eigenvalue weighted by molar-refractivity contribution is 8.31. The maximum absolute atomic E-state index is 13.7. The van der Waals surface area contributed by atoms with Gasteiger partial charge in [-0.3, -0.25) is 0 Å². The van der Waals surface area contributed by atoms with E-state index >= 15 is 0 Å². The zero-order valence-electron chi connectivity index (χ0n) is 21.1. The molecule has 0 spiro atoms. The lowest BCUT2D eigenvalue weighted by Gasteiger charge is -2.55. The van der Waals surface area contributed by atoms with Crippen molar-refractivity contribution in [2.24, 2.45) is 0 Å². The number of hydrogen-bond donors (Lipinski definition) is 0. The summed E-state index contributed by atoms with van der Waals surface area (Å²) in [4.78, 5) is 13.7. The molecule has 0 saturated heterocycles. The second-order valence-electron chi connectivity index (χ2n) is 11.0. The Morgan fingerprint density at radius 2 is 0.971 bits per heavy atom. The van der Waals surface area contributed by atoms with Gasteiger partial charge in [-0.05, 0) is 62.8 Å². The first kappa shape index (κ1) is 26.9. The predicted octanol–water partition coefficient (Wildman–Crippen LogP) is 9.75. The molecule has 35 heavy (non-hydrogen) atoms. The van der Waals surface area contributed by atoms with E-state index in [1.165, 1.54) is 89.2 Å². The van der Waals surface area contributed by atoms with Crippen molar-refractivity contribution in [1.82, 2.24) is 0 Å². The van der Waals surface area contributed by atoms with E-state index in [-0.39, 0.29) is 11.5 Å². The number of halogens is 3. The van der Waals surface area contributed by atoms with Gasteiger partial charge >= 0.3 is 12.1 Å². The van der Waals surface area contributed by atoms with Gasteiger partial charge in [-0.15, -0.1) is 0 Å². The molecule has 0 unspecified atom stereocenters. The SMILES string of the molecule is O=C(OS(C1CCCCCC1)(C1CCCCCC1)C1CCCCCC1)c1ccc(C(F)(F)F)cc1. The molecule has 2 nitrogen and oxygen atoms in total. The van der Waals surface area contributed by atoms with Crippen molar-refractivity contribution in [2.45, 2.75) is 138 Å². The van der Waals surface area contributed by atoms with E-state index in [4.69, 9.17) is 4.18 Å². The Morgan fingerprint density at radius 1 is 0.629 bits per heavy atom. The van der Waals surface area contributed by atoms with Crippen LogP contribution in [0.15, 0.2) is 24.3 Å². The van der Waals surface area contributed by atoms with Crippen molar-refractivity contribution in [3.63, 3.8) is 0 Å². The van der Waals surface area contributed by atoms with Crippen molar-refractivity contribution in [2.75, 3.05) is 0 Å². The van der Waals surface area contributed by atoms with E-state index in [1.54, 1.807) is 0 Å². The summed E-state index contributed by atoms with van der Waals surface area (Å²) >= 11 is 0. The number of alkyl halides is 3. The first-order valence-electron chi connectivity index (χ1n) is 14.1. The molecular formula is C29H43F3O2S. The van der Waals surface area contributed by atoms with E-state index < -0.39 is 22.0 Å². The van der Waals surface area contributed by atoms with Crippen LogP contribution in [-0.4, -0.2) is 21.7 Å². The quantitative estimate of drug-likeness (QED) is 0.367. The van der Waals surface area contributed by atoms with E-state index in [0.29, 0.717) is 15.7 Å². The molecule has 4 rings (SSSR count). The maximum atomic E-state index is 13.7. The van der Waals surface area contributed by atoms with Crippen LogP contribution < -0.4 is 0 Å². The minimum atomic E-state index is -4.40. The smallest absolute Gasteiger partial charge is 0.411 e. The molecule has 198 valence electrons. The Bertz CT molecular complexity index is 733. The summed E-state index contributed by atoms with van der Waals surface area (Å²) < 4.78 is 46.3. The van der Waals surface area contributed by atoms with Gasteiger partial charge < -0.3 is 4.18 Å². The molecule has 3 fully saturated rings. The third kappa shape index (κ3) is 6.59. The van der Waals surface area contributed by atoms with E-state index in [9.17, 15) is 18.0 Å². The average molecular weight is 513 g/mol. The highest BCUT2D eigenvalue weighted by Crippen LogP contribution is 2.69. The Morgan fingerprint density at radius 3 is 1.29 bits per heavy atom. The molecule has 1 aromatic carbocycles. The highest BCUT2D eigenvalue weighted by Gasteiger charge is 2.49. The summed E-state index contributed by atoms with van der Waals surface area (Å²) in [6.07, 6.45) is 17.2. The largest absolute Gasteiger partial charge is 0.416 e. The summed E-state index contributed by atoms with van der Waals surface area (Å²) in [5, 5.41) is 1.32. The number of rotatable bonds is 5. The molecule has 0 heterocycles. The van der Waals surface area contributed by atoms with Gasteiger partial charge in [0.1, 0.15) is 0 Å². The van der Waals surface area contributed by atoms with Crippen LogP contribution in [0.25, 0.3) is 0 Å². The van der Waals surface area contributed by atoms with Crippen molar-refractivity contribution in [1.29, 1.82) is 0 Å². The fraction of sp³-hybridized carbons (Fsp3) is 0.759. The minimum absolute atomic E-state index is 0.269. The molecule has 0 atom stereocenters. The Labute approximate surface area is 211 Å². The summed E-state index contributed by atoms with van der Waals surface area (Å²) in [6, 6.07) is 4.69. The molecule has 0 bridgehead atoms. The molecule has 0 amide bonds. The number of carbonyl (C=O) groups is 1. The van der Waals surface area contributed by atoms with E-state index in [1.807, 2.05) is 0 Å². The topological polar surface area (TPSA) is 26.3 Å².